The highest BCUT2D eigenvalue weighted by Crippen LogP contribution is 2.26. The van der Waals surface area contributed by atoms with Crippen molar-refractivity contribution >= 4 is 28.6 Å². The van der Waals surface area contributed by atoms with E-state index in [9.17, 15) is 9.59 Å². The average molecular weight is 388 g/mol. The molecule has 146 valence electrons. The molecule has 1 aliphatic carbocycles. The number of hydrogen-bond donors (Lipinski definition) is 1. The van der Waals surface area contributed by atoms with Gasteiger partial charge in [0.1, 0.15) is 0 Å². The first-order valence-electron chi connectivity index (χ1n) is 9.98. The summed E-state index contributed by atoms with van der Waals surface area (Å²) in [7, 11) is 0. The Hall–Kier alpha value is -1.82. The molecule has 0 spiro atoms. The van der Waals surface area contributed by atoms with Crippen molar-refractivity contribution < 1.29 is 4.79 Å². The van der Waals surface area contributed by atoms with Crippen LogP contribution in [0.2, 0.25) is 0 Å². The molecule has 0 radical (unpaired) electrons. The van der Waals surface area contributed by atoms with E-state index >= 15 is 0 Å². The van der Waals surface area contributed by atoms with Gasteiger partial charge in [0.15, 0.2) is 5.16 Å². The van der Waals surface area contributed by atoms with Crippen molar-refractivity contribution in [3.63, 3.8) is 0 Å². The third-order valence-electron chi connectivity index (χ3n) is 5.36. The first-order chi connectivity index (χ1) is 13.0. The van der Waals surface area contributed by atoms with Gasteiger partial charge in [-0.05, 0) is 44.2 Å². The second kappa shape index (κ2) is 8.91. The minimum atomic E-state index is -0.296. The van der Waals surface area contributed by atoms with Gasteiger partial charge >= 0.3 is 0 Å². The first kappa shape index (κ1) is 19.9. The molecule has 5 nitrogen and oxygen atoms in total. The van der Waals surface area contributed by atoms with Crippen LogP contribution >= 0.6 is 11.8 Å². The lowest BCUT2D eigenvalue weighted by Gasteiger charge is -2.30. The number of nitrogens with zero attached hydrogens (tertiary/aromatic N) is 2. The molecular formula is C21H29N3O2S. The maximum absolute atomic E-state index is 12.9. The van der Waals surface area contributed by atoms with E-state index in [1.165, 1.54) is 31.0 Å². The Morgan fingerprint density at radius 2 is 2.07 bits per heavy atom. The van der Waals surface area contributed by atoms with Crippen LogP contribution in [0.1, 0.15) is 52.9 Å². The van der Waals surface area contributed by atoms with Crippen LogP contribution in [0.4, 0.5) is 0 Å². The van der Waals surface area contributed by atoms with E-state index in [2.05, 4.69) is 17.2 Å². The summed E-state index contributed by atoms with van der Waals surface area (Å²) in [5.74, 6) is 0.557. The Labute approximate surface area is 164 Å². The quantitative estimate of drug-likeness (QED) is 0.601. The summed E-state index contributed by atoms with van der Waals surface area (Å²) in [5.41, 5.74) is 0.657. The highest BCUT2D eigenvalue weighted by atomic mass is 32.2. The molecule has 3 atom stereocenters. The summed E-state index contributed by atoms with van der Waals surface area (Å²) in [6, 6.07) is 7.66. The largest absolute Gasteiger partial charge is 0.352 e. The summed E-state index contributed by atoms with van der Waals surface area (Å²) in [6.45, 7) is 6.75. The Morgan fingerprint density at radius 1 is 1.33 bits per heavy atom. The van der Waals surface area contributed by atoms with Crippen molar-refractivity contribution in [3.05, 3.63) is 34.6 Å². The number of para-hydroxylation sites is 1. The molecule has 6 heteroatoms. The molecule has 1 aromatic carbocycles. The topological polar surface area (TPSA) is 64.0 Å². The van der Waals surface area contributed by atoms with Crippen molar-refractivity contribution in [2.75, 3.05) is 0 Å². The molecule has 2 aromatic rings. The van der Waals surface area contributed by atoms with Crippen molar-refractivity contribution in [2.45, 2.75) is 75.9 Å². The summed E-state index contributed by atoms with van der Waals surface area (Å²) in [5, 5.41) is 4.17. The Bertz CT molecular complexity index is 864. The number of hydrogen-bond acceptors (Lipinski definition) is 4. The molecule has 1 N–H and O–H groups in total. The van der Waals surface area contributed by atoms with Gasteiger partial charge in [0.05, 0.1) is 16.2 Å². The van der Waals surface area contributed by atoms with Gasteiger partial charge in [-0.15, -0.1) is 0 Å². The Balaban J connectivity index is 1.81. The normalized spacial score (nSPS) is 21.1. The van der Waals surface area contributed by atoms with Crippen LogP contribution in [-0.2, 0) is 11.3 Å². The lowest BCUT2D eigenvalue weighted by Crippen LogP contribution is -2.44. The number of amides is 1. The Kier molecular flexibility index (Phi) is 6.58. The van der Waals surface area contributed by atoms with Gasteiger partial charge in [0.2, 0.25) is 5.91 Å². The standard InChI is InChI=1S/C21H29N3O2S/c1-4-13-24-20(26)16-10-6-8-12-18(16)23-21(24)27-15(3)19(25)22-17-11-7-5-9-14(17)2/h6,8,10,12,14-15,17H,4-5,7,9,11,13H2,1-3H3,(H,22,25). The number of benzene rings is 1. The average Bonchev–Trinajstić information content (AvgIpc) is 2.66. The predicted molar refractivity (Wildman–Crippen MR) is 111 cm³/mol. The van der Waals surface area contributed by atoms with Crippen molar-refractivity contribution in [1.29, 1.82) is 0 Å². The number of carbonyl (C=O) groups is 1. The van der Waals surface area contributed by atoms with E-state index in [1.807, 2.05) is 38.1 Å². The maximum Gasteiger partial charge on any atom is 0.262 e. The van der Waals surface area contributed by atoms with Crippen LogP contribution in [0, 0.1) is 5.92 Å². The van der Waals surface area contributed by atoms with Crippen molar-refractivity contribution in [1.82, 2.24) is 14.9 Å². The van der Waals surface area contributed by atoms with Gasteiger partial charge in [0.25, 0.3) is 5.56 Å². The summed E-state index contributed by atoms with van der Waals surface area (Å²) in [4.78, 5) is 30.3. The van der Waals surface area contributed by atoms with E-state index < -0.39 is 0 Å². The number of rotatable bonds is 6. The van der Waals surface area contributed by atoms with Gasteiger partial charge < -0.3 is 5.32 Å². The van der Waals surface area contributed by atoms with E-state index in [-0.39, 0.29) is 22.8 Å². The van der Waals surface area contributed by atoms with Gasteiger partial charge in [-0.1, -0.05) is 50.6 Å². The summed E-state index contributed by atoms with van der Waals surface area (Å²) in [6.07, 6.45) is 5.50. The van der Waals surface area contributed by atoms with Crippen LogP contribution in [0.25, 0.3) is 10.9 Å². The molecule has 1 amide bonds. The number of carbonyl (C=O) groups excluding carboxylic acids is 1. The molecule has 0 bridgehead atoms. The maximum atomic E-state index is 12.9. The van der Waals surface area contributed by atoms with Crippen LogP contribution in [0.15, 0.2) is 34.2 Å². The minimum Gasteiger partial charge on any atom is -0.352 e. The molecule has 1 fully saturated rings. The lowest BCUT2D eigenvalue weighted by atomic mass is 9.86. The minimum absolute atomic E-state index is 0.0292. The summed E-state index contributed by atoms with van der Waals surface area (Å²) < 4.78 is 1.71. The predicted octanol–water partition coefficient (Wildman–Crippen LogP) is 3.98. The zero-order valence-corrected chi connectivity index (χ0v) is 17.2. The molecule has 3 unspecified atom stereocenters. The molecular weight excluding hydrogens is 358 g/mol. The smallest absolute Gasteiger partial charge is 0.262 e. The molecule has 1 heterocycles. The molecule has 1 aromatic heterocycles. The highest BCUT2D eigenvalue weighted by Gasteiger charge is 2.26. The third-order valence-corrected chi connectivity index (χ3v) is 6.45. The second-order valence-electron chi connectivity index (χ2n) is 7.51. The number of aromatic nitrogens is 2. The van der Waals surface area contributed by atoms with Gasteiger partial charge in [-0.25, -0.2) is 4.98 Å². The zero-order chi connectivity index (χ0) is 19.4. The van der Waals surface area contributed by atoms with Crippen molar-refractivity contribution in [3.8, 4) is 0 Å². The first-order valence-corrected chi connectivity index (χ1v) is 10.9. The molecule has 27 heavy (non-hydrogen) atoms. The molecule has 3 rings (SSSR count). The molecule has 1 aliphatic rings. The van der Waals surface area contributed by atoms with E-state index in [1.54, 1.807) is 4.57 Å². The van der Waals surface area contributed by atoms with Crippen LogP contribution in [0.5, 0.6) is 0 Å². The molecule has 1 saturated carbocycles. The van der Waals surface area contributed by atoms with Crippen molar-refractivity contribution in [2.24, 2.45) is 5.92 Å². The fourth-order valence-corrected chi connectivity index (χ4v) is 4.64. The van der Waals surface area contributed by atoms with Crippen LogP contribution < -0.4 is 10.9 Å². The van der Waals surface area contributed by atoms with Crippen LogP contribution in [0.3, 0.4) is 0 Å². The van der Waals surface area contributed by atoms with E-state index in [0.717, 1.165) is 12.8 Å². The van der Waals surface area contributed by atoms with E-state index in [4.69, 9.17) is 0 Å². The second-order valence-corrected chi connectivity index (χ2v) is 8.81. The number of fused-ring (bicyclic) bond motifs is 1. The van der Waals surface area contributed by atoms with Gasteiger partial charge in [0, 0.05) is 12.6 Å². The van der Waals surface area contributed by atoms with Gasteiger partial charge in [-0.3, -0.25) is 14.2 Å². The molecule has 0 saturated heterocycles. The van der Waals surface area contributed by atoms with Gasteiger partial charge in [-0.2, -0.15) is 0 Å². The number of thioether (sulfide) groups is 1. The SMILES string of the molecule is CCCn1c(SC(C)C(=O)NC2CCCCC2C)nc2ccccc2c1=O. The lowest BCUT2D eigenvalue weighted by molar-refractivity contribution is -0.121. The zero-order valence-electron chi connectivity index (χ0n) is 16.4. The Morgan fingerprint density at radius 3 is 2.81 bits per heavy atom. The fourth-order valence-electron chi connectivity index (χ4n) is 3.70. The van der Waals surface area contributed by atoms with Crippen LogP contribution in [-0.4, -0.2) is 26.8 Å². The third kappa shape index (κ3) is 4.54. The summed E-state index contributed by atoms with van der Waals surface area (Å²) >= 11 is 1.38. The molecule has 0 aliphatic heterocycles. The number of nitrogens with one attached hydrogen (secondary N) is 1. The highest BCUT2D eigenvalue weighted by molar-refractivity contribution is 8.00. The monoisotopic (exact) mass is 387 g/mol. The van der Waals surface area contributed by atoms with E-state index in [0.29, 0.717) is 28.5 Å². The fraction of sp³-hybridized carbons (Fsp3) is 0.571.